The molecule has 1 aromatic heterocycles. The van der Waals surface area contributed by atoms with Gasteiger partial charge in [0.05, 0.1) is 6.61 Å². The highest BCUT2D eigenvalue weighted by Gasteiger charge is 2.06. The fourth-order valence-corrected chi connectivity index (χ4v) is 1.80. The summed E-state index contributed by atoms with van der Waals surface area (Å²) in [5.41, 5.74) is 4.31. The molecule has 2 aromatic rings. The van der Waals surface area contributed by atoms with E-state index in [1.807, 2.05) is 24.4 Å². The number of aromatic amines is 1. The summed E-state index contributed by atoms with van der Waals surface area (Å²) in [7, 11) is 0. The molecule has 0 saturated heterocycles. The molecule has 0 fully saturated rings. The van der Waals surface area contributed by atoms with Gasteiger partial charge in [0.25, 0.3) is 0 Å². The maximum atomic E-state index is 10.7. The van der Waals surface area contributed by atoms with Gasteiger partial charge in [-0.3, -0.25) is 9.63 Å². The number of benzene rings is 1. The molecule has 0 saturated carbocycles. The smallest absolute Gasteiger partial charge is 0.240 e. The van der Waals surface area contributed by atoms with Gasteiger partial charge in [-0.15, -0.1) is 0 Å². The number of carbonyl (C=O) groups excluding carboxylic acids is 1. The van der Waals surface area contributed by atoms with Crippen LogP contribution in [0.4, 0.5) is 0 Å². The summed E-state index contributed by atoms with van der Waals surface area (Å²) < 4.78 is 5.61. The van der Waals surface area contributed by atoms with Crippen molar-refractivity contribution in [1.82, 2.24) is 10.5 Å². The summed E-state index contributed by atoms with van der Waals surface area (Å²) in [5, 5.41) is 1.04. The maximum Gasteiger partial charge on any atom is 0.240 e. The topological polar surface area (TPSA) is 63.4 Å². The summed E-state index contributed by atoms with van der Waals surface area (Å²) in [6.07, 6.45) is 2.85. The van der Waals surface area contributed by atoms with Crippen molar-refractivity contribution >= 4 is 16.8 Å². The molecular formula is C14H18N2O3. The summed E-state index contributed by atoms with van der Waals surface area (Å²) >= 11 is 0. The van der Waals surface area contributed by atoms with Crippen LogP contribution in [0.15, 0.2) is 24.4 Å². The number of rotatable bonds is 6. The molecule has 5 heteroatoms. The predicted molar refractivity (Wildman–Crippen MR) is 72.7 cm³/mol. The van der Waals surface area contributed by atoms with E-state index in [0.717, 1.165) is 28.6 Å². The summed E-state index contributed by atoms with van der Waals surface area (Å²) in [6.45, 7) is 4.50. The van der Waals surface area contributed by atoms with E-state index >= 15 is 0 Å². The Morgan fingerprint density at radius 2 is 2.26 bits per heavy atom. The number of ether oxygens (including phenoxy) is 1. The second-order valence-corrected chi connectivity index (χ2v) is 4.32. The molecule has 0 aliphatic carbocycles. The van der Waals surface area contributed by atoms with Crippen LogP contribution in [0.1, 0.15) is 25.8 Å². The first-order chi connectivity index (χ1) is 9.20. The van der Waals surface area contributed by atoms with Gasteiger partial charge < -0.3 is 9.72 Å². The van der Waals surface area contributed by atoms with E-state index in [2.05, 4.69) is 17.4 Å². The van der Waals surface area contributed by atoms with Crippen LogP contribution in [-0.2, 0) is 16.2 Å². The van der Waals surface area contributed by atoms with Crippen molar-refractivity contribution < 1.29 is 14.4 Å². The van der Waals surface area contributed by atoms with Crippen molar-refractivity contribution in [3.05, 3.63) is 30.0 Å². The molecule has 2 rings (SSSR count). The average Bonchev–Trinajstić information content (AvgIpc) is 2.79. The van der Waals surface area contributed by atoms with Crippen molar-refractivity contribution in [3.63, 3.8) is 0 Å². The number of carbonyl (C=O) groups is 1. The Hall–Kier alpha value is -2.01. The fraction of sp³-hybridized carbons (Fsp3) is 0.357. The molecule has 0 radical (unpaired) electrons. The second-order valence-electron chi connectivity index (χ2n) is 4.32. The summed E-state index contributed by atoms with van der Waals surface area (Å²) in [6, 6.07) is 5.89. The Bertz CT molecular complexity index is 563. The lowest BCUT2D eigenvalue weighted by Gasteiger charge is -2.05. The minimum absolute atomic E-state index is 0.216. The number of nitrogens with one attached hydrogen (secondary N) is 2. The fourth-order valence-electron chi connectivity index (χ4n) is 1.80. The molecule has 0 aliphatic rings. The van der Waals surface area contributed by atoms with Crippen LogP contribution in [0.5, 0.6) is 5.75 Å². The molecule has 19 heavy (non-hydrogen) atoms. The van der Waals surface area contributed by atoms with Gasteiger partial charge in [-0.05, 0) is 24.6 Å². The Balaban J connectivity index is 2.12. The number of H-pyrrole nitrogens is 1. The van der Waals surface area contributed by atoms with E-state index in [1.54, 1.807) is 0 Å². The molecule has 1 heterocycles. The van der Waals surface area contributed by atoms with Gasteiger partial charge in [0, 0.05) is 29.6 Å². The first-order valence-electron chi connectivity index (χ1n) is 6.32. The van der Waals surface area contributed by atoms with E-state index in [-0.39, 0.29) is 5.91 Å². The highest BCUT2D eigenvalue weighted by atomic mass is 16.6. The molecule has 0 atom stereocenters. The van der Waals surface area contributed by atoms with Gasteiger partial charge in [-0.2, -0.15) is 0 Å². The van der Waals surface area contributed by atoms with Crippen molar-refractivity contribution in [2.24, 2.45) is 0 Å². The first-order valence-corrected chi connectivity index (χ1v) is 6.32. The molecular weight excluding hydrogens is 244 g/mol. The summed E-state index contributed by atoms with van der Waals surface area (Å²) in [5.74, 6) is 0.626. The maximum absolute atomic E-state index is 10.7. The zero-order valence-corrected chi connectivity index (χ0v) is 11.2. The molecule has 2 N–H and O–H groups in total. The van der Waals surface area contributed by atoms with E-state index in [0.29, 0.717) is 13.2 Å². The van der Waals surface area contributed by atoms with Gasteiger partial charge in [0.15, 0.2) is 0 Å². The molecule has 0 bridgehead atoms. The normalized spacial score (nSPS) is 10.6. The van der Waals surface area contributed by atoms with Crippen LogP contribution in [-0.4, -0.2) is 17.5 Å². The van der Waals surface area contributed by atoms with Crippen molar-refractivity contribution in [2.45, 2.75) is 26.9 Å². The van der Waals surface area contributed by atoms with Crippen LogP contribution in [0, 0.1) is 0 Å². The van der Waals surface area contributed by atoms with E-state index in [9.17, 15) is 4.79 Å². The number of hydrogen-bond acceptors (Lipinski definition) is 3. The molecule has 0 spiro atoms. The SMILES string of the molecule is CCCOc1ccc2[nH]cc(CONC(C)=O)c2c1. The molecule has 102 valence electrons. The minimum atomic E-state index is -0.216. The third-order valence-corrected chi connectivity index (χ3v) is 2.66. The zero-order valence-electron chi connectivity index (χ0n) is 11.2. The molecule has 1 amide bonds. The number of hydrogen-bond donors (Lipinski definition) is 2. The number of aromatic nitrogens is 1. The molecule has 5 nitrogen and oxygen atoms in total. The largest absolute Gasteiger partial charge is 0.494 e. The Labute approximate surface area is 111 Å². The van der Waals surface area contributed by atoms with Crippen molar-refractivity contribution in [2.75, 3.05) is 6.61 Å². The predicted octanol–water partition coefficient (Wildman–Crippen LogP) is 2.52. The number of hydroxylamine groups is 1. The quantitative estimate of drug-likeness (QED) is 0.786. The van der Waals surface area contributed by atoms with Crippen LogP contribution < -0.4 is 10.2 Å². The Morgan fingerprint density at radius 3 is 3.00 bits per heavy atom. The first kappa shape index (κ1) is 13.4. The van der Waals surface area contributed by atoms with Gasteiger partial charge >= 0.3 is 0 Å². The van der Waals surface area contributed by atoms with Crippen LogP contribution >= 0.6 is 0 Å². The van der Waals surface area contributed by atoms with Gasteiger partial charge in [-0.1, -0.05) is 6.92 Å². The van der Waals surface area contributed by atoms with Crippen LogP contribution in [0.2, 0.25) is 0 Å². The average molecular weight is 262 g/mol. The minimum Gasteiger partial charge on any atom is -0.494 e. The highest BCUT2D eigenvalue weighted by Crippen LogP contribution is 2.24. The lowest BCUT2D eigenvalue weighted by molar-refractivity contribution is -0.132. The summed E-state index contributed by atoms with van der Waals surface area (Å²) in [4.78, 5) is 19.0. The van der Waals surface area contributed by atoms with E-state index in [4.69, 9.17) is 9.57 Å². The van der Waals surface area contributed by atoms with Crippen molar-refractivity contribution in [3.8, 4) is 5.75 Å². The molecule has 0 aliphatic heterocycles. The van der Waals surface area contributed by atoms with E-state index in [1.165, 1.54) is 6.92 Å². The van der Waals surface area contributed by atoms with Crippen molar-refractivity contribution in [1.29, 1.82) is 0 Å². The lowest BCUT2D eigenvalue weighted by Crippen LogP contribution is -2.19. The standard InChI is InChI=1S/C14H18N2O3/c1-3-6-18-12-4-5-14-13(7-12)11(8-15-14)9-19-16-10(2)17/h4-5,7-8,15H,3,6,9H2,1-2H3,(H,16,17). The Morgan fingerprint density at radius 1 is 1.42 bits per heavy atom. The van der Waals surface area contributed by atoms with Crippen LogP contribution in [0.3, 0.4) is 0 Å². The second kappa shape index (κ2) is 6.24. The number of amides is 1. The van der Waals surface area contributed by atoms with Gasteiger partial charge in [0.2, 0.25) is 5.91 Å². The van der Waals surface area contributed by atoms with Gasteiger partial charge in [0.1, 0.15) is 12.4 Å². The van der Waals surface area contributed by atoms with Gasteiger partial charge in [-0.25, -0.2) is 5.48 Å². The lowest BCUT2D eigenvalue weighted by atomic mass is 10.2. The monoisotopic (exact) mass is 262 g/mol. The number of fused-ring (bicyclic) bond motifs is 1. The molecule has 0 unspecified atom stereocenters. The molecule has 1 aromatic carbocycles. The van der Waals surface area contributed by atoms with Crippen LogP contribution in [0.25, 0.3) is 10.9 Å². The highest BCUT2D eigenvalue weighted by molar-refractivity contribution is 5.84. The Kier molecular flexibility index (Phi) is 4.41. The van der Waals surface area contributed by atoms with E-state index < -0.39 is 0 Å². The third-order valence-electron chi connectivity index (χ3n) is 2.66. The third kappa shape index (κ3) is 3.48. The zero-order chi connectivity index (χ0) is 13.7.